The van der Waals surface area contributed by atoms with Gasteiger partial charge in [0.25, 0.3) is 5.91 Å². The van der Waals surface area contributed by atoms with Gasteiger partial charge in [-0.1, -0.05) is 0 Å². The summed E-state index contributed by atoms with van der Waals surface area (Å²) in [7, 11) is 2.09. The van der Waals surface area contributed by atoms with Crippen LogP contribution in [0.5, 0.6) is 11.5 Å². The number of carbonyl (C=O) groups excluding carboxylic acids is 1. The van der Waals surface area contributed by atoms with Crippen LogP contribution in [0.3, 0.4) is 0 Å². The van der Waals surface area contributed by atoms with Crippen LogP contribution < -0.4 is 15.4 Å². The smallest absolute Gasteiger partial charge is 0.256 e. The first-order valence-corrected chi connectivity index (χ1v) is 9.24. The Morgan fingerprint density at radius 1 is 1.40 bits per heavy atom. The second kappa shape index (κ2) is 6.24. The number of phenolic OH excluding ortho intramolecular Hbond substituents is 1. The normalized spacial score (nSPS) is 19.6. The van der Waals surface area contributed by atoms with E-state index in [0.717, 1.165) is 35.6 Å². The molecule has 0 spiro atoms. The van der Waals surface area contributed by atoms with Gasteiger partial charge in [0.2, 0.25) is 0 Å². The average Bonchev–Trinajstić information content (AvgIpc) is 2.92. The number of rotatable bonds is 3. The Morgan fingerprint density at radius 3 is 3.00 bits per heavy atom. The molecule has 0 aliphatic carbocycles. The van der Waals surface area contributed by atoms with Crippen molar-refractivity contribution in [1.82, 2.24) is 10.2 Å². The van der Waals surface area contributed by atoms with Crippen LogP contribution in [-0.4, -0.2) is 36.1 Å². The van der Waals surface area contributed by atoms with Gasteiger partial charge in [0.1, 0.15) is 22.7 Å². The zero-order valence-electron chi connectivity index (χ0n) is 14.3. The van der Waals surface area contributed by atoms with Crippen LogP contribution in [0.25, 0.3) is 0 Å². The number of anilines is 1. The lowest BCUT2D eigenvalue weighted by Gasteiger charge is -2.28. The maximum Gasteiger partial charge on any atom is 0.256 e. The minimum atomic E-state index is -0.450. The van der Waals surface area contributed by atoms with Gasteiger partial charge in [0, 0.05) is 29.6 Å². The molecule has 6 nitrogen and oxygen atoms in total. The molecular weight excluding hydrogens is 338 g/mol. The third-order valence-electron chi connectivity index (χ3n) is 4.65. The standard InChI is InChI=1S/C18H21N3O3S/c1-3-24-10-4-5-11(13(22)8-10)16-19-17(23)15-12-6-7-21(2)9-14(12)25-18(15)20-16/h4-5,8,16,20,22H,3,6-7,9H2,1-2H3,(H,19,23). The topological polar surface area (TPSA) is 73.8 Å². The number of carbonyl (C=O) groups is 1. The summed E-state index contributed by atoms with van der Waals surface area (Å²) >= 11 is 1.64. The number of nitrogens with zero attached hydrogens (tertiary/aromatic N) is 1. The third kappa shape index (κ3) is 2.83. The minimum Gasteiger partial charge on any atom is -0.507 e. The maximum atomic E-state index is 12.7. The van der Waals surface area contributed by atoms with Gasteiger partial charge in [-0.2, -0.15) is 0 Å². The molecule has 2 aromatic rings. The van der Waals surface area contributed by atoms with E-state index in [1.165, 1.54) is 4.88 Å². The summed E-state index contributed by atoms with van der Waals surface area (Å²) in [6.45, 7) is 4.27. The van der Waals surface area contributed by atoms with Gasteiger partial charge in [0.15, 0.2) is 0 Å². The lowest BCUT2D eigenvalue weighted by atomic mass is 10.0. The Kier molecular flexibility index (Phi) is 4.05. The highest BCUT2D eigenvalue weighted by Crippen LogP contribution is 2.41. The summed E-state index contributed by atoms with van der Waals surface area (Å²) in [5.41, 5.74) is 2.57. The van der Waals surface area contributed by atoms with Crippen LogP contribution in [0, 0.1) is 0 Å². The second-order valence-electron chi connectivity index (χ2n) is 6.40. The highest BCUT2D eigenvalue weighted by atomic mass is 32.1. The highest BCUT2D eigenvalue weighted by Gasteiger charge is 2.33. The molecule has 25 heavy (non-hydrogen) atoms. The van der Waals surface area contributed by atoms with E-state index in [-0.39, 0.29) is 11.7 Å². The van der Waals surface area contributed by atoms with Crippen molar-refractivity contribution >= 4 is 22.2 Å². The third-order valence-corrected chi connectivity index (χ3v) is 5.80. The van der Waals surface area contributed by atoms with Crippen LogP contribution in [0.4, 0.5) is 5.00 Å². The first-order valence-electron chi connectivity index (χ1n) is 8.43. The van der Waals surface area contributed by atoms with Gasteiger partial charge in [-0.3, -0.25) is 4.79 Å². The van der Waals surface area contributed by atoms with E-state index in [2.05, 4.69) is 22.6 Å². The Labute approximate surface area is 150 Å². The molecule has 1 aromatic heterocycles. The summed E-state index contributed by atoms with van der Waals surface area (Å²) in [6.07, 6.45) is 0.444. The van der Waals surface area contributed by atoms with Gasteiger partial charge in [-0.15, -0.1) is 11.3 Å². The fourth-order valence-corrected chi connectivity index (χ4v) is 4.78. The molecule has 1 unspecified atom stereocenters. The van der Waals surface area contributed by atoms with Gasteiger partial charge < -0.3 is 25.4 Å². The molecule has 0 saturated carbocycles. The number of aromatic hydroxyl groups is 1. The van der Waals surface area contributed by atoms with Gasteiger partial charge in [0.05, 0.1) is 12.2 Å². The van der Waals surface area contributed by atoms with E-state index >= 15 is 0 Å². The number of benzene rings is 1. The number of hydrogen-bond donors (Lipinski definition) is 3. The lowest BCUT2D eigenvalue weighted by Crippen LogP contribution is -2.38. The number of likely N-dealkylation sites (N-methyl/N-ethyl adjacent to an activating group) is 1. The monoisotopic (exact) mass is 359 g/mol. The number of fused-ring (bicyclic) bond motifs is 3. The largest absolute Gasteiger partial charge is 0.507 e. The molecule has 0 saturated heterocycles. The van der Waals surface area contributed by atoms with Crippen molar-refractivity contribution in [3.63, 3.8) is 0 Å². The van der Waals surface area contributed by atoms with Crippen LogP contribution in [-0.2, 0) is 13.0 Å². The van der Waals surface area contributed by atoms with Gasteiger partial charge >= 0.3 is 0 Å². The number of thiophene rings is 1. The minimum absolute atomic E-state index is 0.0749. The highest BCUT2D eigenvalue weighted by molar-refractivity contribution is 7.16. The zero-order valence-corrected chi connectivity index (χ0v) is 15.1. The molecule has 0 radical (unpaired) electrons. The van der Waals surface area contributed by atoms with Crippen LogP contribution in [0.2, 0.25) is 0 Å². The Bertz CT molecular complexity index is 833. The van der Waals surface area contributed by atoms with Crippen molar-refractivity contribution in [3.8, 4) is 11.5 Å². The molecule has 3 heterocycles. The molecule has 3 N–H and O–H groups in total. The first kappa shape index (κ1) is 16.2. The van der Waals surface area contributed by atoms with Crippen molar-refractivity contribution in [1.29, 1.82) is 0 Å². The Morgan fingerprint density at radius 2 is 2.24 bits per heavy atom. The molecule has 1 aromatic carbocycles. The summed E-state index contributed by atoms with van der Waals surface area (Å²) in [5.74, 6) is 0.642. The van der Waals surface area contributed by atoms with Crippen molar-refractivity contribution in [2.45, 2.75) is 26.1 Å². The molecule has 4 rings (SSSR count). The Hall–Kier alpha value is -2.25. The predicted molar refractivity (Wildman–Crippen MR) is 97.5 cm³/mol. The quantitative estimate of drug-likeness (QED) is 0.786. The zero-order chi connectivity index (χ0) is 17.6. The molecule has 1 amide bonds. The lowest BCUT2D eigenvalue weighted by molar-refractivity contribution is 0.0934. The van der Waals surface area contributed by atoms with Crippen molar-refractivity contribution in [3.05, 3.63) is 39.8 Å². The second-order valence-corrected chi connectivity index (χ2v) is 7.51. The van der Waals surface area contributed by atoms with Gasteiger partial charge in [-0.25, -0.2) is 0 Å². The fourth-order valence-electron chi connectivity index (χ4n) is 3.42. The van der Waals surface area contributed by atoms with Crippen molar-refractivity contribution in [2.75, 3.05) is 25.5 Å². The van der Waals surface area contributed by atoms with E-state index in [4.69, 9.17) is 4.74 Å². The maximum absolute atomic E-state index is 12.7. The number of nitrogens with one attached hydrogen (secondary N) is 2. The van der Waals surface area contributed by atoms with E-state index in [0.29, 0.717) is 17.9 Å². The molecular formula is C18H21N3O3S. The van der Waals surface area contributed by atoms with Crippen LogP contribution >= 0.6 is 11.3 Å². The van der Waals surface area contributed by atoms with Gasteiger partial charge in [-0.05, 0) is 38.1 Å². The predicted octanol–water partition coefficient (Wildman–Crippen LogP) is 2.69. The van der Waals surface area contributed by atoms with E-state index in [1.807, 2.05) is 6.92 Å². The summed E-state index contributed by atoms with van der Waals surface area (Å²) in [6, 6.07) is 5.16. The van der Waals surface area contributed by atoms with E-state index in [9.17, 15) is 9.90 Å². The summed E-state index contributed by atoms with van der Waals surface area (Å²) < 4.78 is 5.40. The van der Waals surface area contributed by atoms with Crippen LogP contribution in [0.15, 0.2) is 18.2 Å². The van der Waals surface area contributed by atoms with E-state index < -0.39 is 6.17 Å². The summed E-state index contributed by atoms with van der Waals surface area (Å²) in [5, 5.41) is 17.6. The molecule has 7 heteroatoms. The fraction of sp³-hybridized carbons (Fsp3) is 0.389. The molecule has 2 aliphatic heterocycles. The summed E-state index contributed by atoms with van der Waals surface area (Å²) in [4.78, 5) is 16.2. The number of phenols is 1. The molecule has 132 valence electrons. The number of ether oxygens (including phenoxy) is 1. The SMILES string of the molecule is CCOc1ccc(C2NC(=O)c3c(sc4c3CCN(C)C4)N2)c(O)c1. The van der Waals surface area contributed by atoms with Crippen LogP contribution in [0.1, 0.15) is 39.5 Å². The van der Waals surface area contributed by atoms with Crippen molar-refractivity contribution < 1.29 is 14.6 Å². The molecule has 2 aliphatic rings. The number of hydrogen-bond acceptors (Lipinski definition) is 6. The average molecular weight is 359 g/mol. The first-order chi connectivity index (χ1) is 12.1. The molecule has 0 fully saturated rings. The Balaban J connectivity index is 1.65. The van der Waals surface area contributed by atoms with Crippen molar-refractivity contribution in [2.24, 2.45) is 0 Å². The molecule has 0 bridgehead atoms. The molecule has 1 atom stereocenters. The number of amides is 1. The van der Waals surface area contributed by atoms with E-state index in [1.54, 1.807) is 29.5 Å².